The second-order valence-corrected chi connectivity index (χ2v) is 7.39. The molecule has 1 saturated heterocycles. The van der Waals surface area contributed by atoms with Crippen molar-refractivity contribution in [2.75, 3.05) is 13.1 Å². The highest BCUT2D eigenvalue weighted by atomic mass is 35.5. The fourth-order valence-corrected chi connectivity index (χ4v) is 4.48. The van der Waals surface area contributed by atoms with Crippen LogP contribution in [0.5, 0.6) is 0 Å². The number of hydrogen-bond donors (Lipinski definition) is 0. The lowest BCUT2D eigenvalue weighted by Gasteiger charge is -2.32. The first-order valence-electron chi connectivity index (χ1n) is 5.65. The molecule has 0 radical (unpaired) electrons. The fourth-order valence-electron chi connectivity index (χ4n) is 2.02. The van der Waals surface area contributed by atoms with Crippen molar-refractivity contribution in [2.45, 2.75) is 23.7 Å². The van der Waals surface area contributed by atoms with Crippen LogP contribution in [0.1, 0.15) is 13.3 Å². The minimum Gasteiger partial charge on any atom is -0.255 e. The van der Waals surface area contributed by atoms with Gasteiger partial charge in [0.25, 0.3) is 10.0 Å². The van der Waals surface area contributed by atoms with Gasteiger partial charge in [-0.3, -0.25) is 4.68 Å². The van der Waals surface area contributed by atoms with Gasteiger partial charge >= 0.3 is 0 Å². The molecule has 0 aliphatic carbocycles. The Labute approximate surface area is 117 Å². The fraction of sp³-hybridized carbons (Fsp3) is 0.700. The SMILES string of the molecule is CC1CCN(S(=O)(=O)c2c(Cl)cnn2C)CC1Cl. The Morgan fingerprint density at radius 1 is 1.50 bits per heavy atom. The van der Waals surface area contributed by atoms with Crippen LogP contribution in [0.25, 0.3) is 0 Å². The second kappa shape index (κ2) is 5.00. The summed E-state index contributed by atoms with van der Waals surface area (Å²) in [5, 5.41) is 3.86. The summed E-state index contributed by atoms with van der Waals surface area (Å²) in [6, 6.07) is 0. The Hall–Kier alpha value is -0.300. The lowest BCUT2D eigenvalue weighted by molar-refractivity contribution is 0.291. The van der Waals surface area contributed by atoms with Crippen LogP contribution in [0.4, 0.5) is 0 Å². The Morgan fingerprint density at radius 2 is 2.17 bits per heavy atom. The molecule has 1 aromatic rings. The Bertz CT molecular complexity index is 524. The number of alkyl halides is 1. The lowest BCUT2D eigenvalue weighted by atomic mass is 10.0. The average molecular weight is 312 g/mol. The van der Waals surface area contributed by atoms with Gasteiger partial charge in [0.15, 0.2) is 5.03 Å². The van der Waals surface area contributed by atoms with Gasteiger partial charge in [-0.15, -0.1) is 11.6 Å². The highest BCUT2D eigenvalue weighted by molar-refractivity contribution is 7.89. The highest BCUT2D eigenvalue weighted by Crippen LogP contribution is 2.29. The van der Waals surface area contributed by atoms with Crippen LogP contribution in [0.15, 0.2) is 11.2 Å². The molecular formula is C10H15Cl2N3O2S. The third-order valence-corrected chi connectivity index (χ3v) is 6.20. The molecule has 1 aliphatic rings. The number of aryl methyl sites for hydroxylation is 1. The Balaban J connectivity index is 2.33. The van der Waals surface area contributed by atoms with E-state index >= 15 is 0 Å². The van der Waals surface area contributed by atoms with Crippen molar-refractivity contribution in [1.29, 1.82) is 0 Å². The Morgan fingerprint density at radius 3 is 2.67 bits per heavy atom. The summed E-state index contributed by atoms with van der Waals surface area (Å²) in [6.45, 7) is 2.81. The van der Waals surface area contributed by atoms with Gasteiger partial charge in [0.05, 0.1) is 11.2 Å². The molecule has 5 nitrogen and oxygen atoms in total. The summed E-state index contributed by atoms with van der Waals surface area (Å²) in [5.74, 6) is 0.320. The van der Waals surface area contributed by atoms with Gasteiger partial charge < -0.3 is 0 Å². The normalized spacial score (nSPS) is 26.4. The minimum atomic E-state index is -3.62. The van der Waals surface area contributed by atoms with Gasteiger partial charge in [-0.1, -0.05) is 18.5 Å². The number of piperidine rings is 1. The monoisotopic (exact) mass is 311 g/mol. The van der Waals surface area contributed by atoms with Gasteiger partial charge in [0.1, 0.15) is 0 Å². The topological polar surface area (TPSA) is 55.2 Å². The molecule has 2 unspecified atom stereocenters. The third kappa shape index (κ3) is 2.39. The molecule has 0 spiro atoms. The molecule has 1 aromatic heterocycles. The van der Waals surface area contributed by atoms with Gasteiger partial charge in [0, 0.05) is 25.5 Å². The molecule has 0 N–H and O–H groups in total. The highest BCUT2D eigenvalue weighted by Gasteiger charge is 2.35. The van der Waals surface area contributed by atoms with E-state index in [0.29, 0.717) is 19.0 Å². The summed E-state index contributed by atoms with van der Waals surface area (Å²) in [4.78, 5) is 0. The molecular weight excluding hydrogens is 297 g/mol. The maximum absolute atomic E-state index is 12.5. The van der Waals surface area contributed by atoms with E-state index in [2.05, 4.69) is 5.10 Å². The van der Waals surface area contributed by atoms with Gasteiger partial charge in [-0.05, 0) is 12.3 Å². The van der Waals surface area contributed by atoms with Crippen molar-refractivity contribution in [3.63, 3.8) is 0 Å². The maximum Gasteiger partial charge on any atom is 0.261 e. The van der Waals surface area contributed by atoms with Gasteiger partial charge in [0.2, 0.25) is 0 Å². The summed E-state index contributed by atoms with van der Waals surface area (Å²) in [5.41, 5.74) is 0. The molecule has 0 saturated carbocycles. The van der Waals surface area contributed by atoms with Gasteiger partial charge in [-0.25, -0.2) is 8.42 Å². The molecule has 2 atom stereocenters. The molecule has 8 heteroatoms. The van der Waals surface area contributed by atoms with E-state index in [1.807, 2.05) is 6.92 Å². The van der Waals surface area contributed by atoms with Crippen molar-refractivity contribution in [3.8, 4) is 0 Å². The van der Waals surface area contributed by atoms with Crippen molar-refractivity contribution < 1.29 is 8.42 Å². The molecule has 1 aliphatic heterocycles. The van der Waals surface area contributed by atoms with E-state index in [1.54, 1.807) is 7.05 Å². The van der Waals surface area contributed by atoms with Crippen LogP contribution in [0, 0.1) is 5.92 Å². The zero-order valence-electron chi connectivity index (χ0n) is 10.2. The van der Waals surface area contributed by atoms with Crippen LogP contribution in [0.3, 0.4) is 0 Å². The summed E-state index contributed by atoms with van der Waals surface area (Å²) in [7, 11) is -2.06. The predicted molar refractivity (Wildman–Crippen MR) is 70.4 cm³/mol. The molecule has 18 heavy (non-hydrogen) atoms. The summed E-state index contributed by atoms with van der Waals surface area (Å²) in [6.07, 6.45) is 2.09. The molecule has 2 heterocycles. The van der Waals surface area contributed by atoms with E-state index in [4.69, 9.17) is 23.2 Å². The van der Waals surface area contributed by atoms with E-state index in [-0.39, 0.29) is 15.4 Å². The maximum atomic E-state index is 12.5. The van der Waals surface area contributed by atoms with Crippen LogP contribution >= 0.6 is 23.2 Å². The van der Waals surface area contributed by atoms with E-state index in [9.17, 15) is 8.42 Å². The quantitative estimate of drug-likeness (QED) is 0.781. The molecule has 0 aromatic carbocycles. The molecule has 0 bridgehead atoms. The largest absolute Gasteiger partial charge is 0.261 e. The van der Waals surface area contributed by atoms with Gasteiger partial charge in [-0.2, -0.15) is 9.40 Å². The number of aromatic nitrogens is 2. The zero-order valence-corrected chi connectivity index (χ0v) is 12.5. The molecule has 102 valence electrons. The summed E-state index contributed by atoms with van der Waals surface area (Å²) < 4.78 is 27.6. The van der Waals surface area contributed by atoms with E-state index in [1.165, 1.54) is 15.2 Å². The van der Waals surface area contributed by atoms with Crippen molar-refractivity contribution >= 4 is 33.2 Å². The summed E-state index contributed by atoms with van der Waals surface area (Å²) >= 11 is 12.0. The number of hydrogen-bond acceptors (Lipinski definition) is 3. The standard InChI is InChI=1S/C10H15Cl2N3O2S/c1-7-3-4-15(6-9(7)12)18(16,17)10-8(11)5-13-14(10)2/h5,7,9H,3-4,6H2,1-2H3. The smallest absolute Gasteiger partial charge is 0.255 e. The molecule has 2 rings (SSSR count). The Kier molecular flexibility index (Phi) is 3.92. The first-order chi connectivity index (χ1) is 8.34. The van der Waals surface area contributed by atoms with Crippen molar-refractivity contribution in [2.24, 2.45) is 13.0 Å². The second-order valence-electron chi connectivity index (χ2n) is 4.57. The molecule has 1 fully saturated rings. The average Bonchev–Trinajstić information content (AvgIpc) is 2.62. The van der Waals surface area contributed by atoms with E-state index < -0.39 is 10.0 Å². The van der Waals surface area contributed by atoms with Crippen LogP contribution < -0.4 is 0 Å². The first-order valence-corrected chi connectivity index (χ1v) is 7.91. The third-order valence-electron chi connectivity index (χ3n) is 3.26. The molecule has 0 amide bonds. The number of halogens is 2. The van der Waals surface area contributed by atoms with Crippen molar-refractivity contribution in [1.82, 2.24) is 14.1 Å². The lowest BCUT2D eigenvalue weighted by Crippen LogP contribution is -2.44. The van der Waals surface area contributed by atoms with Crippen molar-refractivity contribution in [3.05, 3.63) is 11.2 Å². The first kappa shape index (κ1) is 14.1. The number of rotatable bonds is 2. The van der Waals surface area contributed by atoms with Crippen LogP contribution in [-0.4, -0.2) is 41.0 Å². The number of sulfonamides is 1. The van der Waals surface area contributed by atoms with E-state index in [0.717, 1.165) is 6.42 Å². The predicted octanol–water partition coefficient (Wildman–Crippen LogP) is 1.71. The number of nitrogens with zero attached hydrogens (tertiary/aromatic N) is 3. The minimum absolute atomic E-state index is 0.0302. The zero-order chi connectivity index (χ0) is 13.5. The van der Waals surface area contributed by atoms with Crippen LogP contribution in [-0.2, 0) is 17.1 Å². The van der Waals surface area contributed by atoms with Crippen LogP contribution in [0.2, 0.25) is 5.02 Å².